The van der Waals surface area contributed by atoms with Crippen molar-refractivity contribution in [3.8, 4) is 10.6 Å². The van der Waals surface area contributed by atoms with E-state index in [2.05, 4.69) is 20.9 Å². The van der Waals surface area contributed by atoms with Crippen LogP contribution in [0.25, 0.3) is 10.6 Å². The van der Waals surface area contributed by atoms with Crippen molar-refractivity contribution in [3.05, 3.63) is 45.5 Å². The molecule has 0 atom stereocenters. The van der Waals surface area contributed by atoms with Crippen LogP contribution in [0.3, 0.4) is 0 Å². The molecule has 1 aromatic carbocycles. The molecule has 0 radical (unpaired) electrons. The SMILES string of the molecule is O=[N+]([O-])c1cc(CBr)ccc1-c1nccs1. The third-order valence-corrected chi connectivity index (χ3v) is 3.53. The molecule has 0 spiro atoms. The lowest BCUT2D eigenvalue weighted by atomic mass is 10.1. The molecule has 0 amide bonds. The Labute approximate surface area is 104 Å². The molecule has 0 aliphatic carbocycles. The molecule has 1 heterocycles. The molecule has 0 saturated carbocycles. The van der Waals surface area contributed by atoms with Gasteiger partial charge in [-0.2, -0.15) is 0 Å². The minimum Gasteiger partial charge on any atom is -0.258 e. The Balaban J connectivity index is 2.57. The summed E-state index contributed by atoms with van der Waals surface area (Å²) in [5.74, 6) is 0. The zero-order valence-corrected chi connectivity index (χ0v) is 10.5. The number of halogens is 1. The number of thiazole rings is 1. The predicted octanol–water partition coefficient (Wildman–Crippen LogP) is 3.61. The van der Waals surface area contributed by atoms with Crippen LogP contribution in [-0.4, -0.2) is 9.91 Å². The highest BCUT2D eigenvalue weighted by Gasteiger charge is 2.17. The van der Waals surface area contributed by atoms with Crippen molar-refractivity contribution in [1.29, 1.82) is 0 Å². The van der Waals surface area contributed by atoms with E-state index in [-0.39, 0.29) is 10.6 Å². The standard InChI is InChI=1S/C10H7BrN2O2S/c11-6-7-1-2-8(9(5-7)13(14)15)10-12-3-4-16-10/h1-5H,6H2. The van der Waals surface area contributed by atoms with E-state index in [9.17, 15) is 10.1 Å². The first-order valence-electron chi connectivity index (χ1n) is 4.45. The molecule has 0 aliphatic heterocycles. The summed E-state index contributed by atoms with van der Waals surface area (Å²) in [5, 5.41) is 14.0. The molecule has 0 aliphatic rings. The van der Waals surface area contributed by atoms with E-state index in [0.717, 1.165) is 5.56 Å². The molecular weight excluding hydrogens is 292 g/mol. The number of nitrogens with zero attached hydrogens (tertiary/aromatic N) is 2. The number of nitro groups is 1. The van der Waals surface area contributed by atoms with Gasteiger partial charge in [0.1, 0.15) is 5.01 Å². The zero-order valence-electron chi connectivity index (χ0n) is 8.09. The lowest BCUT2D eigenvalue weighted by Gasteiger charge is -2.01. The average molecular weight is 299 g/mol. The molecule has 0 saturated heterocycles. The Morgan fingerprint density at radius 1 is 1.50 bits per heavy atom. The van der Waals surface area contributed by atoms with Crippen molar-refractivity contribution in [1.82, 2.24) is 4.98 Å². The van der Waals surface area contributed by atoms with Gasteiger partial charge in [-0.1, -0.05) is 22.0 Å². The highest BCUT2D eigenvalue weighted by atomic mass is 79.9. The van der Waals surface area contributed by atoms with Gasteiger partial charge in [0.05, 0.1) is 10.5 Å². The van der Waals surface area contributed by atoms with Crippen LogP contribution in [0.15, 0.2) is 29.8 Å². The van der Waals surface area contributed by atoms with Crippen molar-refractivity contribution in [3.63, 3.8) is 0 Å². The largest absolute Gasteiger partial charge is 0.279 e. The van der Waals surface area contributed by atoms with Crippen LogP contribution in [0.2, 0.25) is 0 Å². The van der Waals surface area contributed by atoms with Gasteiger partial charge in [0.15, 0.2) is 0 Å². The molecule has 0 unspecified atom stereocenters. The number of alkyl halides is 1. The summed E-state index contributed by atoms with van der Waals surface area (Å²) in [6.07, 6.45) is 1.64. The molecule has 6 heteroatoms. The van der Waals surface area contributed by atoms with Gasteiger partial charge >= 0.3 is 0 Å². The molecule has 0 bridgehead atoms. The molecule has 4 nitrogen and oxygen atoms in total. The molecule has 0 N–H and O–H groups in total. The maximum atomic E-state index is 11.0. The van der Waals surface area contributed by atoms with E-state index < -0.39 is 0 Å². The summed E-state index contributed by atoms with van der Waals surface area (Å²) >= 11 is 4.67. The van der Waals surface area contributed by atoms with Crippen LogP contribution in [0.4, 0.5) is 5.69 Å². The summed E-state index contributed by atoms with van der Waals surface area (Å²) in [7, 11) is 0. The highest BCUT2D eigenvalue weighted by molar-refractivity contribution is 9.08. The molecule has 2 rings (SSSR count). The first-order chi connectivity index (χ1) is 7.72. The Bertz CT molecular complexity index is 514. The van der Waals surface area contributed by atoms with Gasteiger partial charge in [0.2, 0.25) is 0 Å². The second-order valence-corrected chi connectivity index (χ2v) is 4.53. The Hall–Kier alpha value is -1.27. The maximum absolute atomic E-state index is 11.0. The quantitative estimate of drug-likeness (QED) is 0.494. The third-order valence-electron chi connectivity index (χ3n) is 2.08. The van der Waals surface area contributed by atoms with E-state index in [1.807, 2.05) is 6.07 Å². The van der Waals surface area contributed by atoms with E-state index in [1.165, 1.54) is 11.3 Å². The van der Waals surface area contributed by atoms with Gasteiger partial charge in [0.25, 0.3) is 5.69 Å². The van der Waals surface area contributed by atoms with Gasteiger partial charge in [-0.05, 0) is 11.6 Å². The number of benzene rings is 1. The van der Waals surface area contributed by atoms with Crippen molar-refractivity contribution < 1.29 is 4.92 Å². The first kappa shape index (κ1) is 11.2. The minimum atomic E-state index is -0.372. The van der Waals surface area contributed by atoms with Gasteiger partial charge in [-0.3, -0.25) is 10.1 Å². The Morgan fingerprint density at radius 2 is 2.31 bits per heavy atom. The van der Waals surface area contributed by atoms with E-state index in [1.54, 1.807) is 23.7 Å². The molecule has 16 heavy (non-hydrogen) atoms. The third kappa shape index (κ3) is 2.12. The number of aromatic nitrogens is 1. The molecule has 1 aromatic heterocycles. The normalized spacial score (nSPS) is 10.3. The maximum Gasteiger partial charge on any atom is 0.279 e. The number of hydrogen-bond acceptors (Lipinski definition) is 4. The lowest BCUT2D eigenvalue weighted by Crippen LogP contribution is -1.93. The van der Waals surface area contributed by atoms with Crippen LogP contribution in [0, 0.1) is 10.1 Å². The topological polar surface area (TPSA) is 56.0 Å². The molecular formula is C10H7BrN2O2S. The highest BCUT2D eigenvalue weighted by Crippen LogP contribution is 2.32. The Morgan fingerprint density at radius 3 is 2.88 bits per heavy atom. The Kier molecular flexibility index (Phi) is 3.31. The van der Waals surface area contributed by atoms with Gasteiger partial charge in [0, 0.05) is 23.0 Å². The fourth-order valence-electron chi connectivity index (χ4n) is 1.35. The second-order valence-electron chi connectivity index (χ2n) is 3.08. The number of hydrogen-bond donors (Lipinski definition) is 0. The fraction of sp³-hybridized carbons (Fsp3) is 0.100. The number of nitro benzene ring substituents is 1. The van der Waals surface area contributed by atoms with Crippen molar-refractivity contribution in [2.24, 2.45) is 0 Å². The summed E-state index contributed by atoms with van der Waals surface area (Å²) in [6.45, 7) is 0. The summed E-state index contributed by atoms with van der Waals surface area (Å²) < 4.78 is 0. The minimum absolute atomic E-state index is 0.104. The summed E-state index contributed by atoms with van der Waals surface area (Å²) in [5.41, 5.74) is 1.56. The summed E-state index contributed by atoms with van der Waals surface area (Å²) in [6, 6.07) is 5.18. The predicted molar refractivity (Wildman–Crippen MR) is 66.8 cm³/mol. The fourth-order valence-corrected chi connectivity index (χ4v) is 2.37. The zero-order chi connectivity index (χ0) is 11.5. The monoisotopic (exact) mass is 298 g/mol. The van der Waals surface area contributed by atoms with Gasteiger partial charge < -0.3 is 0 Å². The van der Waals surface area contributed by atoms with Crippen molar-refractivity contribution in [2.75, 3.05) is 0 Å². The van der Waals surface area contributed by atoms with E-state index in [0.29, 0.717) is 15.9 Å². The van der Waals surface area contributed by atoms with Crippen LogP contribution < -0.4 is 0 Å². The van der Waals surface area contributed by atoms with Crippen LogP contribution in [0.1, 0.15) is 5.56 Å². The first-order valence-corrected chi connectivity index (χ1v) is 6.45. The summed E-state index contributed by atoms with van der Waals surface area (Å²) in [4.78, 5) is 14.7. The van der Waals surface area contributed by atoms with Crippen molar-refractivity contribution >= 4 is 33.0 Å². The lowest BCUT2D eigenvalue weighted by molar-refractivity contribution is -0.384. The molecule has 82 valence electrons. The van der Waals surface area contributed by atoms with Crippen LogP contribution in [0.5, 0.6) is 0 Å². The van der Waals surface area contributed by atoms with E-state index in [4.69, 9.17) is 0 Å². The number of rotatable bonds is 3. The van der Waals surface area contributed by atoms with Gasteiger partial charge in [-0.15, -0.1) is 11.3 Å². The van der Waals surface area contributed by atoms with Crippen molar-refractivity contribution in [2.45, 2.75) is 5.33 Å². The second kappa shape index (κ2) is 4.71. The van der Waals surface area contributed by atoms with Crippen LogP contribution in [-0.2, 0) is 5.33 Å². The molecule has 0 fully saturated rings. The van der Waals surface area contributed by atoms with Gasteiger partial charge in [-0.25, -0.2) is 4.98 Å². The van der Waals surface area contributed by atoms with Crippen LogP contribution >= 0.6 is 27.3 Å². The smallest absolute Gasteiger partial charge is 0.258 e. The molecule has 2 aromatic rings. The average Bonchev–Trinajstić information content (AvgIpc) is 2.81. The van der Waals surface area contributed by atoms with E-state index >= 15 is 0 Å².